The van der Waals surface area contributed by atoms with Crippen molar-refractivity contribution in [2.45, 2.75) is 40.2 Å². The molecule has 8 heteroatoms. The number of hydrogen-bond donors (Lipinski definition) is 2. The van der Waals surface area contributed by atoms with Crippen LogP contribution in [0.1, 0.15) is 57.4 Å². The molecule has 1 aromatic heterocycles. The summed E-state index contributed by atoms with van der Waals surface area (Å²) in [5, 5.41) is 2.87. The molecule has 31 heavy (non-hydrogen) atoms. The van der Waals surface area contributed by atoms with Crippen LogP contribution in [-0.4, -0.2) is 47.4 Å². The third-order valence-corrected chi connectivity index (χ3v) is 5.59. The fourth-order valence-corrected chi connectivity index (χ4v) is 3.94. The van der Waals surface area contributed by atoms with E-state index in [2.05, 4.69) is 10.3 Å². The topological polar surface area (TPSA) is 91.5 Å². The van der Waals surface area contributed by atoms with Gasteiger partial charge in [0.15, 0.2) is 0 Å². The van der Waals surface area contributed by atoms with Gasteiger partial charge in [0.2, 0.25) is 5.91 Å². The molecule has 0 spiro atoms. The van der Waals surface area contributed by atoms with Crippen LogP contribution in [0.15, 0.2) is 24.3 Å². The quantitative estimate of drug-likeness (QED) is 0.691. The highest BCUT2D eigenvalue weighted by molar-refractivity contribution is 6.00. The predicted molar refractivity (Wildman–Crippen MR) is 113 cm³/mol. The minimum atomic E-state index is -0.454. The van der Waals surface area contributed by atoms with Gasteiger partial charge in [0, 0.05) is 25.3 Å². The maximum absolute atomic E-state index is 13.1. The number of aryl methyl sites for hydroxylation is 1. The van der Waals surface area contributed by atoms with Crippen molar-refractivity contribution in [1.82, 2.24) is 15.2 Å². The van der Waals surface area contributed by atoms with Gasteiger partial charge in [-0.25, -0.2) is 9.18 Å². The maximum Gasteiger partial charge on any atom is 0.340 e. The lowest BCUT2D eigenvalue weighted by molar-refractivity contribution is -0.126. The van der Waals surface area contributed by atoms with Gasteiger partial charge in [-0.15, -0.1) is 0 Å². The Labute approximate surface area is 181 Å². The van der Waals surface area contributed by atoms with Gasteiger partial charge in [0.1, 0.15) is 11.5 Å². The Morgan fingerprint density at radius 1 is 1.23 bits per heavy atom. The van der Waals surface area contributed by atoms with Crippen molar-refractivity contribution in [2.24, 2.45) is 5.92 Å². The van der Waals surface area contributed by atoms with Gasteiger partial charge < -0.3 is 19.9 Å². The van der Waals surface area contributed by atoms with Crippen molar-refractivity contribution in [1.29, 1.82) is 0 Å². The molecule has 1 atom stereocenters. The third kappa shape index (κ3) is 5.13. The van der Waals surface area contributed by atoms with Crippen molar-refractivity contribution in [3.05, 3.63) is 58.2 Å². The molecule has 0 bridgehead atoms. The number of H-pyrrole nitrogens is 1. The zero-order valence-electron chi connectivity index (χ0n) is 18.1. The van der Waals surface area contributed by atoms with Crippen LogP contribution in [0.3, 0.4) is 0 Å². The number of carbonyl (C=O) groups excluding carboxylic acids is 3. The monoisotopic (exact) mass is 429 g/mol. The van der Waals surface area contributed by atoms with E-state index >= 15 is 0 Å². The predicted octanol–water partition coefficient (Wildman–Crippen LogP) is 3.12. The molecule has 0 radical (unpaired) electrons. The van der Waals surface area contributed by atoms with Crippen LogP contribution in [0.4, 0.5) is 4.39 Å². The lowest BCUT2D eigenvalue weighted by Gasteiger charge is -2.32. The molecule has 7 nitrogen and oxygen atoms in total. The van der Waals surface area contributed by atoms with E-state index < -0.39 is 5.97 Å². The van der Waals surface area contributed by atoms with Crippen LogP contribution in [0.5, 0.6) is 0 Å². The second-order valence-corrected chi connectivity index (χ2v) is 7.78. The number of ether oxygens (including phenoxy) is 1. The van der Waals surface area contributed by atoms with E-state index in [9.17, 15) is 18.8 Å². The second kappa shape index (κ2) is 9.76. The molecule has 1 saturated heterocycles. The van der Waals surface area contributed by atoms with E-state index in [0.717, 1.165) is 5.56 Å². The Bertz CT molecular complexity index is 968. The van der Waals surface area contributed by atoms with Gasteiger partial charge in [-0.05, 0) is 56.9 Å². The number of rotatable bonds is 6. The number of carbonyl (C=O) groups is 3. The number of amides is 2. The number of likely N-dealkylation sites (tertiary alicyclic amines) is 1. The molecule has 2 heterocycles. The summed E-state index contributed by atoms with van der Waals surface area (Å²) in [5.41, 5.74) is 2.69. The summed E-state index contributed by atoms with van der Waals surface area (Å²) in [6, 6.07) is 5.97. The van der Waals surface area contributed by atoms with Crippen molar-refractivity contribution in [3.63, 3.8) is 0 Å². The normalized spacial score (nSPS) is 16.1. The summed E-state index contributed by atoms with van der Waals surface area (Å²) in [7, 11) is 0. The number of piperidine rings is 1. The Kier molecular flexibility index (Phi) is 7.09. The number of aromatic nitrogens is 1. The Balaban J connectivity index is 1.65. The highest BCUT2D eigenvalue weighted by Gasteiger charge is 2.31. The minimum absolute atomic E-state index is 0.131. The molecule has 0 aliphatic carbocycles. The van der Waals surface area contributed by atoms with Gasteiger partial charge in [-0.3, -0.25) is 9.59 Å². The number of nitrogens with zero attached hydrogens (tertiary/aromatic N) is 1. The Morgan fingerprint density at radius 2 is 1.94 bits per heavy atom. The maximum atomic E-state index is 13.1. The van der Waals surface area contributed by atoms with Crippen molar-refractivity contribution in [2.75, 3.05) is 19.7 Å². The summed E-state index contributed by atoms with van der Waals surface area (Å²) in [6.07, 6.45) is 1.40. The molecule has 0 saturated carbocycles. The van der Waals surface area contributed by atoms with Crippen LogP contribution in [0.25, 0.3) is 0 Å². The van der Waals surface area contributed by atoms with Gasteiger partial charge in [-0.1, -0.05) is 12.1 Å². The Hall–Kier alpha value is -3.16. The van der Waals surface area contributed by atoms with E-state index in [1.165, 1.54) is 12.1 Å². The molecule has 166 valence electrons. The van der Waals surface area contributed by atoms with Crippen LogP contribution < -0.4 is 5.32 Å². The largest absolute Gasteiger partial charge is 0.462 e. The summed E-state index contributed by atoms with van der Waals surface area (Å²) in [6.45, 7) is 6.61. The lowest BCUT2D eigenvalue weighted by atomic mass is 9.96. The van der Waals surface area contributed by atoms with E-state index in [-0.39, 0.29) is 30.2 Å². The fraction of sp³-hybridized carbons (Fsp3) is 0.435. The van der Waals surface area contributed by atoms with Crippen LogP contribution >= 0.6 is 0 Å². The van der Waals surface area contributed by atoms with Gasteiger partial charge in [0.05, 0.1) is 18.1 Å². The van der Waals surface area contributed by atoms with Gasteiger partial charge in [-0.2, -0.15) is 0 Å². The molecule has 0 unspecified atom stereocenters. The second-order valence-electron chi connectivity index (χ2n) is 7.78. The van der Waals surface area contributed by atoms with E-state index in [1.54, 1.807) is 37.8 Å². The number of esters is 1. The number of nitrogens with one attached hydrogen (secondary N) is 2. The molecule has 1 fully saturated rings. The van der Waals surface area contributed by atoms with E-state index in [4.69, 9.17) is 4.74 Å². The van der Waals surface area contributed by atoms with Gasteiger partial charge in [0.25, 0.3) is 5.91 Å². The summed E-state index contributed by atoms with van der Waals surface area (Å²) >= 11 is 0. The average molecular weight is 429 g/mol. The number of halogens is 1. The Morgan fingerprint density at radius 3 is 2.61 bits per heavy atom. The molecule has 2 N–H and O–H groups in total. The minimum Gasteiger partial charge on any atom is -0.462 e. The molecule has 1 aliphatic heterocycles. The molecule has 2 amide bonds. The van der Waals surface area contributed by atoms with E-state index in [1.807, 2.05) is 0 Å². The highest BCUT2D eigenvalue weighted by Crippen LogP contribution is 2.24. The summed E-state index contributed by atoms with van der Waals surface area (Å²) in [5.74, 6) is -1.46. The van der Waals surface area contributed by atoms with E-state index in [0.29, 0.717) is 55.0 Å². The molecular weight excluding hydrogens is 401 g/mol. The first-order valence-corrected chi connectivity index (χ1v) is 10.5. The smallest absolute Gasteiger partial charge is 0.340 e. The molecular formula is C23H28FN3O4. The zero-order valence-corrected chi connectivity index (χ0v) is 18.1. The number of benzene rings is 1. The average Bonchev–Trinajstić information content (AvgIpc) is 3.06. The molecule has 1 aliphatic rings. The SMILES string of the molecule is CCOC(=O)c1c(C)[nH]c(C(=O)N2CCC[C@@H](C(=O)NCc3ccc(F)cc3)C2)c1C. The lowest BCUT2D eigenvalue weighted by Crippen LogP contribution is -2.45. The number of aromatic amines is 1. The van der Waals surface area contributed by atoms with Crippen LogP contribution in [0.2, 0.25) is 0 Å². The van der Waals surface area contributed by atoms with Crippen LogP contribution in [0, 0.1) is 25.6 Å². The van der Waals surface area contributed by atoms with Crippen molar-refractivity contribution >= 4 is 17.8 Å². The first-order chi connectivity index (χ1) is 14.8. The van der Waals surface area contributed by atoms with Gasteiger partial charge >= 0.3 is 5.97 Å². The van der Waals surface area contributed by atoms with Crippen molar-refractivity contribution in [3.8, 4) is 0 Å². The molecule has 3 rings (SSSR count). The number of hydrogen-bond acceptors (Lipinski definition) is 4. The first-order valence-electron chi connectivity index (χ1n) is 10.5. The third-order valence-electron chi connectivity index (χ3n) is 5.59. The molecule has 2 aromatic rings. The first kappa shape index (κ1) is 22.5. The zero-order chi connectivity index (χ0) is 22.5. The summed E-state index contributed by atoms with van der Waals surface area (Å²) < 4.78 is 18.1. The van der Waals surface area contributed by atoms with Crippen LogP contribution in [-0.2, 0) is 16.1 Å². The van der Waals surface area contributed by atoms with Crippen molar-refractivity contribution < 1.29 is 23.5 Å². The highest BCUT2D eigenvalue weighted by atomic mass is 19.1. The summed E-state index contributed by atoms with van der Waals surface area (Å²) in [4.78, 5) is 42.6. The fourth-order valence-electron chi connectivity index (χ4n) is 3.94. The standard InChI is InChI=1S/C23H28FN3O4/c1-4-31-23(30)19-14(2)20(26-15(19)3)22(29)27-11-5-6-17(13-27)21(28)25-12-16-7-9-18(24)10-8-16/h7-10,17,26H,4-6,11-13H2,1-3H3,(H,25,28)/t17-/m1/s1. The molecule has 1 aromatic carbocycles.